The van der Waals surface area contributed by atoms with Crippen LogP contribution in [-0.4, -0.2) is 42.5 Å². The van der Waals surface area contributed by atoms with E-state index in [1.165, 1.54) is 0 Å². The number of amides is 2. The van der Waals surface area contributed by atoms with Gasteiger partial charge in [0.2, 0.25) is 0 Å². The van der Waals surface area contributed by atoms with Crippen LogP contribution >= 0.6 is 11.6 Å². The molecular weight excluding hydrogens is 364 g/mol. The Balaban J connectivity index is 1.43. The summed E-state index contributed by atoms with van der Waals surface area (Å²) in [5.41, 5.74) is 1.73. The van der Waals surface area contributed by atoms with Gasteiger partial charge in [-0.2, -0.15) is 0 Å². The maximum absolute atomic E-state index is 12.3. The molecule has 2 amide bonds. The van der Waals surface area contributed by atoms with E-state index in [2.05, 4.69) is 5.32 Å². The smallest absolute Gasteiger partial charge is 0.260 e. The first-order chi connectivity index (χ1) is 13.0. The van der Waals surface area contributed by atoms with Gasteiger partial charge in [0.25, 0.3) is 11.8 Å². The summed E-state index contributed by atoms with van der Waals surface area (Å²) in [5.74, 6) is 0.510. The highest BCUT2D eigenvalue weighted by molar-refractivity contribution is 6.30. The van der Waals surface area contributed by atoms with Crippen molar-refractivity contribution in [3.8, 4) is 5.75 Å². The number of halogens is 1. The molecule has 142 valence electrons. The number of carbonyl (C=O) groups excluding carboxylic acids is 2. The molecule has 0 aliphatic carbocycles. The molecule has 0 spiro atoms. The molecule has 6 heteroatoms. The van der Waals surface area contributed by atoms with Crippen LogP contribution in [-0.2, 0) is 4.79 Å². The largest absolute Gasteiger partial charge is 0.484 e. The summed E-state index contributed by atoms with van der Waals surface area (Å²) in [4.78, 5) is 26.4. The van der Waals surface area contributed by atoms with E-state index < -0.39 is 0 Å². The Morgan fingerprint density at radius 2 is 1.85 bits per heavy atom. The topological polar surface area (TPSA) is 58.6 Å². The molecule has 1 aliphatic heterocycles. The zero-order valence-corrected chi connectivity index (χ0v) is 16.0. The first-order valence-electron chi connectivity index (χ1n) is 9.05. The first-order valence-corrected chi connectivity index (χ1v) is 9.43. The van der Waals surface area contributed by atoms with Gasteiger partial charge in [-0.25, -0.2) is 0 Å². The fourth-order valence-corrected chi connectivity index (χ4v) is 3.22. The quantitative estimate of drug-likeness (QED) is 0.856. The SMILES string of the molecule is Cc1cccc(C(=O)NC2CCN(C(=O)COc3ccc(Cl)cc3)CC2)c1. The van der Waals surface area contributed by atoms with Crippen LogP contribution in [0.5, 0.6) is 5.75 Å². The van der Waals surface area contributed by atoms with E-state index in [9.17, 15) is 9.59 Å². The molecule has 27 heavy (non-hydrogen) atoms. The lowest BCUT2D eigenvalue weighted by molar-refractivity contribution is -0.134. The second-order valence-corrected chi connectivity index (χ2v) is 7.18. The Kier molecular flexibility index (Phi) is 6.35. The molecule has 0 bridgehead atoms. The fourth-order valence-electron chi connectivity index (χ4n) is 3.10. The molecule has 0 unspecified atom stereocenters. The molecule has 0 saturated carbocycles. The number of ether oxygens (including phenoxy) is 1. The highest BCUT2D eigenvalue weighted by atomic mass is 35.5. The standard InChI is InChI=1S/C21H23ClN2O3/c1-15-3-2-4-16(13-15)21(26)23-18-9-11-24(12-10-18)20(25)14-27-19-7-5-17(22)6-8-19/h2-8,13,18H,9-12,14H2,1H3,(H,23,26). The van der Waals surface area contributed by atoms with Crippen molar-refractivity contribution in [1.82, 2.24) is 10.2 Å². The number of likely N-dealkylation sites (tertiary alicyclic amines) is 1. The van der Waals surface area contributed by atoms with Crippen molar-refractivity contribution in [2.75, 3.05) is 19.7 Å². The molecule has 1 fully saturated rings. The van der Waals surface area contributed by atoms with Crippen LogP contribution in [0.3, 0.4) is 0 Å². The third-order valence-corrected chi connectivity index (χ3v) is 4.89. The van der Waals surface area contributed by atoms with Gasteiger partial charge in [0, 0.05) is 29.7 Å². The van der Waals surface area contributed by atoms with Gasteiger partial charge in [-0.05, 0) is 56.2 Å². The van der Waals surface area contributed by atoms with E-state index in [0.717, 1.165) is 18.4 Å². The van der Waals surface area contributed by atoms with Gasteiger partial charge in [-0.3, -0.25) is 9.59 Å². The van der Waals surface area contributed by atoms with Crippen molar-refractivity contribution < 1.29 is 14.3 Å². The number of aryl methyl sites for hydroxylation is 1. The fraction of sp³-hybridized carbons (Fsp3) is 0.333. The molecule has 0 atom stereocenters. The van der Waals surface area contributed by atoms with Crippen LogP contribution in [0.1, 0.15) is 28.8 Å². The highest BCUT2D eigenvalue weighted by Gasteiger charge is 2.24. The maximum atomic E-state index is 12.3. The number of nitrogens with one attached hydrogen (secondary N) is 1. The van der Waals surface area contributed by atoms with E-state index in [1.54, 1.807) is 29.2 Å². The van der Waals surface area contributed by atoms with Crippen LogP contribution in [0.15, 0.2) is 48.5 Å². The minimum Gasteiger partial charge on any atom is -0.484 e. The number of rotatable bonds is 5. The molecule has 3 rings (SSSR count). The Hall–Kier alpha value is -2.53. The van der Waals surface area contributed by atoms with Crippen molar-refractivity contribution in [2.24, 2.45) is 0 Å². The summed E-state index contributed by atoms with van der Waals surface area (Å²) in [6.07, 6.45) is 1.48. The normalized spacial score (nSPS) is 14.7. The lowest BCUT2D eigenvalue weighted by Crippen LogP contribution is -2.47. The van der Waals surface area contributed by atoms with Gasteiger partial charge in [0.05, 0.1) is 0 Å². The molecule has 0 radical (unpaired) electrons. The third kappa shape index (κ3) is 5.47. The molecular formula is C21H23ClN2O3. The first kappa shape index (κ1) is 19.2. The Bertz CT molecular complexity index is 799. The molecule has 1 N–H and O–H groups in total. The summed E-state index contributed by atoms with van der Waals surface area (Å²) in [7, 11) is 0. The van der Waals surface area contributed by atoms with Gasteiger partial charge in [0.1, 0.15) is 5.75 Å². The Morgan fingerprint density at radius 3 is 2.52 bits per heavy atom. The van der Waals surface area contributed by atoms with Gasteiger partial charge < -0.3 is 15.0 Å². The average molecular weight is 387 g/mol. The lowest BCUT2D eigenvalue weighted by atomic mass is 10.0. The van der Waals surface area contributed by atoms with Crippen LogP contribution in [0, 0.1) is 6.92 Å². The predicted molar refractivity (Wildman–Crippen MR) is 105 cm³/mol. The third-order valence-electron chi connectivity index (χ3n) is 4.64. The molecule has 5 nitrogen and oxygen atoms in total. The molecule has 2 aromatic rings. The van der Waals surface area contributed by atoms with Crippen LogP contribution in [0.2, 0.25) is 5.02 Å². The van der Waals surface area contributed by atoms with E-state index >= 15 is 0 Å². The van der Waals surface area contributed by atoms with E-state index in [4.69, 9.17) is 16.3 Å². The second-order valence-electron chi connectivity index (χ2n) is 6.74. The van der Waals surface area contributed by atoms with Crippen LogP contribution < -0.4 is 10.1 Å². The van der Waals surface area contributed by atoms with Crippen molar-refractivity contribution in [3.63, 3.8) is 0 Å². The average Bonchev–Trinajstić information content (AvgIpc) is 2.68. The predicted octanol–water partition coefficient (Wildman–Crippen LogP) is 3.45. The molecule has 2 aromatic carbocycles. The van der Waals surface area contributed by atoms with E-state index in [-0.39, 0.29) is 24.5 Å². The van der Waals surface area contributed by atoms with Crippen molar-refractivity contribution >= 4 is 23.4 Å². The molecule has 1 heterocycles. The van der Waals surface area contributed by atoms with Gasteiger partial charge in [0.15, 0.2) is 6.61 Å². The van der Waals surface area contributed by atoms with Gasteiger partial charge in [-0.1, -0.05) is 29.3 Å². The number of hydrogen-bond donors (Lipinski definition) is 1. The van der Waals surface area contributed by atoms with Crippen LogP contribution in [0.4, 0.5) is 0 Å². The monoisotopic (exact) mass is 386 g/mol. The zero-order chi connectivity index (χ0) is 19.2. The number of nitrogens with zero attached hydrogens (tertiary/aromatic N) is 1. The molecule has 1 aliphatic rings. The lowest BCUT2D eigenvalue weighted by Gasteiger charge is -2.32. The van der Waals surface area contributed by atoms with Crippen molar-refractivity contribution in [2.45, 2.75) is 25.8 Å². The molecule has 1 saturated heterocycles. The maximum Gasteiger partial charge on any atom is 0.260 e. The van der Waals surface area contributed by atoms with Crippen molar-refractivity contribution in [3.05, 3.63) is 64.7 Å². The highest BCUT2D eigenvalue weighted by Crippen LogP contribution is 2.16. The minimum atomic E-state index is -0.0606. The van der Waals surface area contributed by atoms with Gasteiger partial charge in [-0.15, -0.1) is 0 Å². The minimum absolute atomic E-state index is 0.00193. The second kappa shape index (κ2) is 8.91. The summed E-state index contributed by atoms with van der Waals surface area (Å²) >= 11 is 5.83. The van der Waals surface area contributed by atoms with E-state index in [0.29, 0.717) is 29.4 Å². The van der Waals surface area contributed by atoms with E-state index in [1.807, 2.05) is 31.2 Å². The summed E-state index contributed by atoms with van der Waals surface area (Å²) in [6, 6.07) is 14.6. The summed E-state index contributed by atoms with van der Waals surface area (Å²) in [6.45, 7) is 3.19. The summed E-state index contributed by atoms with van der Waals surface area (Å²) < 4.78 is 5.52. The summed E-state index contributed by atoms with van der Waals surface area (Å²) in [5, 5.41) is 3.69. The zero-order valence-electron chi connectivity index (χ0n) is 15.3. The van der Waals surface area contributed by atoms with Gasteiger partial charge >= 0.3 is 0 Å². The number of hydrogen-bond acceptors (Lipinski definition) is 3. The Labute approximate surface area is 164 Å². The van der Waals surface area contributed by atoms with Crippen LogP contribution in [0.25, 0.3) is 0 Å². The number of carbonyl (C=O) groups is 2. The Morgan fingerprint density at radius 1 is 1.15 bits per heavy atom. The number of benzene rings is 2. The molecule has 0 aromatic heterocycles. The number of piperidine rings is 1. The van der Waals surface area contributed by atoms with Crippen molar-refractivity contribution in [1.29, 1.82) is 0 Å².